The Morgan fingerprint density at radius 1 is 1.35 bits per heavy atom. The third-order valence-corrected chi connectivity index (χ3v) is 4.57. The van der Waals surface area contributed by atoms with Crippen LogP contribution in [0.1, 0.15) is 35.1 Å². The number of hydrogen-bond acceptors (Lipinski definition) is 4. The molecule has 6 heteroatoms. The molecule has 0 aliphatic carbocycles. The summed E-state index contributed by atoms with van der Waals surface area (Å²) >= 11 is 0. The van der Waals surface area contributed by atoms with Gasteiger partial charge in [-0.15, -0.1) is 0 Å². The van der Waals surface area contributed by atoms with Crippen LogP contribution in [0, 0.1) is 6.92 Å². The molecule has 1 saturated heterocycles. The van der Waals surface area contributed by atoms with E-state index in [1.165, 1.54) is 0 Å². The first-order chi connectivity index (χ1) is 11.2. The third kappa shape index (κ3) is 2.44. The highest BCUT2D eigenvalue weighted by Crippen LogP contribution is 2.36. The van der Waals surface area contributed by atoms with Gasteiger partial charge in [-0.3, -0.25) is 4.79 Å². The van der Waals surface area contributed by atoms with Gasteiger partial charge in [0.15, 0.2) is 11.5 Å². The van der Waals surface area contributed by atoms with E-state index in [1.54, 1.807) is 0 Å². The Balaban J connectivity index is 1.57. The zero-order valence-corrected chi connectivity index (χ0v) is 13.1. The summed E-state index contributed by atoms with van der Waals surface area (Å²) in [5.41, 5.74) is 0.586. The average molecular weight is 313 g/mol. The van der Waals surface area contributed by atoms with E-state index in [2.05, 4.69) is 9.55 Å². The lowest BCUT2D eigenvalue weighted by atomic mass is 10.0. The largest absolute Gasteiger partial charge is 0.454 e. The lowest BCUT2D eigenvalue weighted by molar-refractivity contribution is 0.0673. The predicted molar refractivity (Wildman–Crippen MR) is 83.7 cm³/mol. The van der Waals surface area contributed by atoms with E-state index < -0.39 is 0 Å². The molecular formula is C17H19N3O3. The maximum Gasteiger partial charge on any atom is 0.257 e. The molecule has 1 atom stereocenters. The van der Waals surface area contributed by atoms with Crippen LogP contribution >= 0.6 is 0 Å². The zero-order valence-electron chi connectivity index (χ0n) is 13.1. The van der Waals surface area contributed by atoms with Gasteiger partial charge >= 0.3 is 0 Å². The molecular weight excluding hydrogens is 294 g/mol. The molecule has 2 aliphatic rings. The van der Waals surface area contributed by atoms with Crippen LogP contribution in [-0.4, -0.2) is 40.2 Å². The highest BCUT2D eigenvalue weighted by atomic mass is 16.7. The number of imidazole rings is 1. The van der Waals surface area contributed by atoms with Crippen LogP contribution in [0.4, 0.5) is 0 Å². The number of aryl methyl sites for hydroxylation is 1. The molecule has 4 rings (SSSR count). The summed E-state index contributed by atoms with van der Waals surface area (Å²) in [5, 5.41) is 0. The summed E-state index contributed by atoms with van der Waals surface area (Å²) in [7, 11) is 0. The van der Waals surface area contributed by atoms with Crippen LogP contribution < -0.4 is 9.47 Å². The topological polar surface area (TPSA) is 56.6 Å². The summed E-state index contributed by atoms with van der Waals surface area (Å²) in [6.07, 6.45) is 5.85. The molecule has 0 spiro atoms. The highest BCUT2D eigenvalue weighted by molar-refractivity contribution is 5.98. The standard InChI is InChI=1S/C17H19N3O3/c1-12-18-7-9-20(12)13-4-3-8-19(10-13)17(21)14-5-2-6-15-16(14)23-11-22-15/h2,5-7,9,13H,3-4,8,10-11H2,1H3. The number of nitrogens with zero attached hydrogens (tertiary/aromatic N) is 3. The second-order valence-corrected chi connectivity index (χ2v) is 5.97. The summed E-state index contributed by atoms with van der Waals surface area (Å²) in [4.78, 5) is 19.1. The Kier molecular flexibility index (Phi) is 3.44. The van der Waals surface area contributed by atoms with Gasteiger partial charge in [-0.05, 0) is 31.9 Å². The summed E-state index contributed by atoms with van der Waals surface area (Å²) in [5.74, 6) is 2.21. The summed E-state index contributed by atoms with van der Waals surface area (Å²) in [6, 6.07) is 5.75. The van der Waals surface area contributed by atoms with E-state index in [0.717, 1.165) is 25.2 Å². The van der Waals surface area contributed by atoms with Crippen molar-refractivity contribution in [3.8, 4) is 11.5 Å². The minimum atomic E-state index is 0.00909. The third-order valence-electron chi connectivity index (χ3n) is 4.57. The molecule has 0 N–H and O–H groups in total. The van der Waals surface area contributed by atoms with Gasteiger partial charge in [-0.1, -0.05) is 6.07 Å². The van der Waals surface area contributed by atoms with Gasteiger partial charge in [0.2, 0.25) is 6.79 Å². The molecule has 23 heavy (non-hydrogen) atoms. The predicted octanol–water partition coefficient (Wildman–Crippen LogP) is 2.40. The number of carbonyl (C=O) groups is 1. The van der Waals surface area contributed by atoms with Crippen LogP contribution in [0.15, 0.2) is 30.6 Å². The Morgan fingerprint density at radius 3 is 3.09 bits per heavy atom. The van der Waals surface area contributed by atoms with E-state index in [0.29, 0.717) is 23.6 Å². The number of amides is 1. The first-order valence-corrected chi connectivity index (χ1v) is 7.91. The number of aromatic nitrogens is 2. The molecule has 0 radical (unpaired) electrons. The fraction of sp³-hybridized carbons (Fsp3) is 0.412. The van der Waals surface area contributed by atoms with Crippen molar-refractivity contribution in [3.63, 3.8) is 0 Å². The Hall–Kier alpha value is -2.50. The van der Waals surface area contributed by atoms with E-state index in [-0.39, 0.29) is 18.7 Å². The van der Waals surface area contributed by atoms with Crippen LogP contribution in [-0.2, 0) is 0 Å². The van der Waals surface area contributed by atoms with Crippen molar-refractivity contribution in [2.75, 3.05) is 19.9 Å². The van der Waals surface area contributed by atoms with Crippen molar-refractivity contribution in [2.45, 2.75) is 25.8 Å². The Labute approximate surface area is 134 Å². The van der Waals surface area contributed by atoms with Crippen LogP contribution in [0.3, 0.4) is 0 Å². The first-order valence-electron chi connectivity index (χ1n) is 7.91. The van der Waals surface area contributed by atoms with Crippen molar-refractivity contribution >= 4 is 5.91 Å². The van der Waals surface area contributed by atoms with Gasteiger partial charge in [-0.25, -0.2) is 4.98 Å². The monoisotopic (exact) mass is 313 g/mol. The van der Waals surface area contributed by atoms with Gasteiger partial charge in [0, 0.05) is 25.5 Å². The maximum atomic E-state index is 12.9. The molecule has 120 valence electrons. The Morgan fingerprint density at radius 2 is 2.26 bits per heavy atom. The molecule has 1 fully saturated rings. The number of fused-ring (bicyclic) bond motifs is 1. The summed E-state index contributed by atoms with van der Waals surface area (Å²) < 4.78 is 13.0. The molecule has 0 bridgehead atoms. The first kappa shape index (κ1) is 14.1. The molecule has 2 aliphatic heterocycles. The SMILES string of the molecule is Cc1nccn1C1CCCN(C(=O)c2cccc3c2OCO3)C1. The number of rotatable bonds is 2. The fourth-order valence-corrected chi connectivity index (χ4v) is 3.41. The van der Waals surface area contributed by atoms with Crippen molar-refractivity contribution in [1.29, 1.82) is 0 Å². The quantitative estimate of drug-likeness (QED) is 0.854. The number of likely N-dealkylation sites (tertiary alicyclic amines) is 1. The zero-order chi connectivity index (χ0) is 15.8. The van der Waals surface area contributed by atoms with Gasteiger partial charge in [0.25, 0.3) is 5.91 Å². The smallest absolute Gasteiger partial charge is 0.257 e. The summed E-state index contributed by atoms with van der Waals surface area (Å²) in [6.45, 7) is 3.64. The van der Waals surface area contributed by atoms with Crippen molar-refractivity contribution < 1.29 is 14.3 Å². The second kappa shape index (κ2) is 5.61. The lowest BCUT2D eigenvalue weighted by Crippen LogP contribution is -2.40. The van der Waals surface area contributed by atoms with Crippen molar-refractivity contribution in [3.05, 3.63) is 42.0 Å². The fourth-order valence-electron chi connectivity index (χ4n) is 3.41. The molecule has 3 heterocycles. The minimum Gasteiger partial charge on any atom is -0.454 e. The molecule has 1 aromatic carbocycles. The minimum absolute atomic E-state index is 0.00909. The van der Waals surface area contributed by atoms with Gasteiger partial charge in [0.1, 0.15) is 5.82 Å². The lowest BCUT2D eigenvalue weighted by Gasteiger charge is -2.34. The van der Waals surface area contributed by atoms with Crippen LogP contribution in [0.25, 0.3) is 0 Å². The number of hydrogen-bond donors (Lipinski definition) is 0. The second-order valence-electron chi connectivity index (χ2n) is 5.97. The van der Waals surface area contributed by atoms with Gasteiger partial charge in [0.05, 0.1) is 11.6 Å². The molecule has 0 saturated carbocycles. The number of piperidine rings is 1. The van der Waals surface area contributed by atoms with Crippen LogP contribution in [0.5, 0.6) is 11.5 Å². The number of para-hydroxylation sites is 1. The average Bonchev–Trinajstić information content (AvgIpc) is 3.22. The Bertz CT molecular complexity index is 740. The number of carbonyl (C=O) groups excluding carboxylic acids is 1. The van der Waals surface area contributed by atoms with E-state index in [9.17, 15) is 4.79 Å². The van der Waals surface area contributed by atoms with Crippen molar-refractivity contribution in [1.82, 2.24) is 14.5 Å². The molecule has 1 amide bonds. The molecule has 6 nitrogen and oxygen atoms in total. The van der Waals surface area contributed by atoms with Crippen LogP contribution in [0.2, 0.25) is 0 Å². The van der Waals surface area contributed by atoms with Crippen molar-refractivity contribution in [2.24, 2.45) is 0 Å². The van der Waals surface area contributed by atoms with E-state index in [1.807, 2.05) is 42.4 Å². The molecule has 1 unspecified atom stereocenters. The number of ether oxygens (including phenoxy) is 2. The molecule has 1 aromatic heterocycles. The maximum absolute atomic E-state index is 12.9. The van der Waals surface area contributed by atoms with E-state index >= 15 is 0 Å². The highest BCUT2D eigenvalue weighted by Gasteiger charge is 2.29. The molecule has 2 aromatic rings. The van der Waals surface area contributed by atoms with Gasteiger partial charge in [-0.2, -0.15) is 0 Å². The van der Waals surface area contributed by atoms with Gasteiger partial charge < -0.3 is 18.9 Å². The van der Waals surface area contributed by atoms with E-state index in [4.69, 9.17) is 9.47 Å². The normalized spacial score (nSPS) is 19.9. The number of benzene rings is 1.